The zero-order valence-corrected chi connectivity index (χ0v) is 12.8. The molecular weight excluding hydrogens is 359 g/mol. The van der Waals surface area contributed by atoms with Crippen LogP contribution < -0.4 is 5.32 Å². The van der Waals surface area contributed by atoms with Crippen molar-refractivity contribution in [3.8, 4) is 0 Å². The summed E-state index contributed by atoms with van der Waals surface area (Å²) in [6.07, 6.45) is -5.27. The van der Waals surface area contributed by atoms with Gasteiger partial charge in [0.15, 0.2) is 11.3 Å². The third-order valence-corrected chi connectivity index (χ3v) is 4.30. The highest BCUT2D eigenvalue weighted by molar-refractivity contribution is 9.10. The van der Waals surface area contributed by atoms with Crippen LogP contribution in [0, 0.1) is 0 Å². The van der Waals surface area contributed by atoms with Gasteiger partial charge in [-0.25, -0.2) is 0 Å². The predicted octanol–water partition coefficient (Wildman–Crippen LogP) is 4.91. The molecule has 1 aliphatic rings. The summed E-state index contributed by atoms with van der Waals surface area (Å²) in [4.78, 5) is 12.3. The Labute approximate surface area is 133 Å². The van der Waals surface area contributed by atoms with Gasteiger partial charge >= 0.3 is 6.18 Å². The average molecular weight is 370 g/mol. The van der Waals surface area contributed by atoms with Crippen molar-refractivity contribution in [2.45, 2.75) is 18.1 Å². The maximum atomic E-state index is 13.8. The van der Waals surface area contributed by atoms with E-state index in [1.54, 1.807) is 12.1 Å². The van der Waals surface area contributed by atoms with Crippen LogP contribution in [-0.2, 0) is 5.54 Å². The number of carbonyl (C=O) groups excluding carboxylic acids is 1. The summed E-state index contributed by atoms with van der Waals surface area (Å²) in [5.74, 6) is -0.531. The molecule has 0 spiro atoms. The molecule has 0 fully saturated rings. The summed E-state index contributed by atoms with van der Waals surface area (Å²) in [6, 6.07) is 12.1. The van der Waals surface area contributed by atoms with Crippen LogP contribution >= 0.6 is 15.9 Å². The van der Waals surface area contributed by atoms with Gasteiger partial charge < -0.3 is 5.32 Å². The molecule has 2 aromatic rings. The van der Waals surface area contributed by atoms with Crippen molar-refractivity contribution >= 4 is 27.4 Å². The first-order valence-electron chi connectivity index (χ1n) is 6.57. The molecule has 1 aliphatic heterocycles. The van der Waals surface area contributed by atoms with Gasteiger partial charge in [-0.1, -0.05) is 46.3 Å². The number of Topliss-reactive ketones (excluding diaryl/α,β-unsaturated/α-hetero) is 1. The van der Waals surface area contributed by atoms with Crippen LogP contribution in [-0.4, -0.2) is 12.0 Å². The lowest BCUT2D eigenvalue weighted by molar-refractivity contribution is -0.182. The van der Waals surface area contributed by atoms with E-state index < -0.39 is 23.9 Å². The maximum Gasteiger partial charge on any atom is 0.416 e. The first kappa shape index (κ1) is 15.1. The standard InChI is InChI=1S/C16H11BrF3NO/c17-11-6-7-13-12(8-11)14(22)9-15(21-13,16(18,19)20)10-4-2-1-3-5-10/h1-8,21H,9H2/t15-/m1/s1. The number of benzene rings is 2. The van der Waals surface area contributed by atoms with Crippen molar-refractivity contribution in [1.29, 1.82) is 0 Å². The molecule has 0 aliphatic carbocycles. The second-order valence-electron chi connectivity index (χ2n) is 5.18. The number of anilines is 1. The van der Waals surface area contributed by atoms with E-state index in [9.17, 15) is 18.0 Å². The second kappa shape index (κ2) is 5.12. The molecule has 1 N–H and O–H groups in total. The molecule has 2 nitrogen and oxygen atoms in total. The normalized spacial score (nSPS) is 21.2. The van der Waals surface area contributed by atoms with Crippen molar-refractivity contribution in [1.82, 2.24) is 0 Å². The molecule has 2 aromatic carbocycles. The summed E-state index contributed by atoms with van der Waals surface area (Å²) < 4.78 is 42.1. The third-order valence-electron chi connectivity index (χ3n) is 3.81. The molecule has 22 heavy (non-hydrogen) atoms. The molecule has 0 bridgehead atoms. The Bertz CT molecular complexity index is 730. The van der Waals surface area contributed by atoms with Crippen LogP contribution in [0.3, 0.4) is 0 Å². The van der Waals surface area contributed by atoms with Crippen molar-refractivity contribution in [3.63, 3.8) is 0 Å². The molecule has 0 saturated carbocycles. The summed E-state index contributed by atoms with van der Waals surface area (Å²) in [7, 11) is 0. The monoisotopic (exact) mass is 369 g/mol. The summed E-state index contributed by atoms with van der Waals surface area (Å²) in [5.41, 5.74) is -1.90. The minimum atomic E-state index is -4.60. The Kier molecular flexibility index (Phi) is 3.51. The number of carbonyl (C=O) groups is 1. The largest absolute Gasteiger partial charge is 0.416 e. The minimum Gasteiger partial charge on any atom is -0.367 e. The molecule has 1 atom stereocenters. The van der Waals surface area contributed by atoms with Gasteiger partial charge in [0, 0.05) is 22.1 Å². The number of halogens is 4. The first-order valence-corrected chi connectivity index (χ1v) is 7.36. The van der Waals surface area contributed by atoms with Gasteiger partial charge in [0.05, 0.1) is 0 Å². The van der Waals surface area contributed by atoms with Gasteiger partial charge in [0.1, 0.15) is 0 Å². The molecule has 0 unspecified atom stereocenters. The third kappa shape index (κ3) is 2.31. The molecule has 114 valence electrons. The van der Waals surface area contributed by atoms with Crippen LogP contribution in [0.5, 0.6) is 0 Å². The fraction of sp³-hybridized carbons (Fsp3) is 0.188. The van der Waals surface area contributed by atoms with Crippen LogP contribution in [0.2, 0.25) is 0 Å². The van der Waals surface area contributed by atoms with Crippen LogP contribution in [0.4, 0.5) is 18.9 Å². The topological polar surface area (TPSA) is 29.1 Å². The Morgan fingerprint density at radius 1 is 1.09 bits per heavy atom. The van der Waals surface area contributed by atoms with Crippen LogP contribution in [0.15, 0.2) is 53.0 Å². The van der Waals surface area contributed by atoms with Crippen molar-refractivity contribution in [3.05, 3.63) is 64.1 Å². The fourth-order valence-electron chi connectivity index (χ4n) is 2.70. The SMILES string of the molecule is O=C1C[C@@](c2ccccc2)(C(F)(F)F)Nc2ccc(Br)cc21. The zero-order valence-electron chi connectivity index (χ0n) is 11.2. The second-order valence-corrected chi connectivity index (χ2v) is 6.10. The highest BCUT2D eigenvalue weighted by Gasteiger charge is 2.59. The quantitative estimate of drug-likeness (QED) is 0.773. The van der Waals surface area contributed by atoms with E-state index in [1.165, 1.54) is 36.4 Å². The molecule has 3 rings (SSSR count). The van der Waals surface area contributed by atoms with Crippen LogP contribution in [0.1, 0.15) is 22.3 Å². The fourth-order valence-corrected chi connectivity index (χ4v) is 3.06. The minimum absolute atomic E-state index is 0.0319. The number of alkyl halides is 3. The summed E-state index contributed by atoms with van der Waals surface area (Å²) >= 11 is 3.23. The number of fused-ring (bicyclic) bond motifs is 1. The molecule has 0 amide bonds. The summed E-state index contributed by atoms with van der Waals surface area (Å²) in [6.45, 7) is 0. The molecule has 0 aromatic heterocycles. The van der Waals surface area contributed by atoms with E-state index in [2.05, 4.69) is 21.2 Å². The smallest absolute Gasteiger partial charge is 0.367 e. The Morgan fingerprint density at radius 3 is 2.41 bits per heavy atom. The average Bonchev–Trinajstić information content (AvgIpc) is 2.47. The number of rotatable bonds is 1. The number of hydrogen-bond donors (Lipinski definition) is 1. The highest BCUT2D eigenvalue weighted by Crippen LogP contribution is 2.48. The van der Waals surface area contributed by atoms with Crippen molar-refractivity contribution in [2.75, 3.05) is 5.32 Å². The van der Waals surface area contributed by atoms with Crippen LogP contribution in [0.25, 0.3) is 0 Å². The molecular formula is C16H11BrF3NO. The van der Waals surface area contributed by atoms with E-state index in [0.29, 0.717) is 4.47 Å². The molecule has 1 heterocycles. The van der Waals surface area contributed by atoms with E-state index in [4.69, 9.17) is 0 Å². The Hall–Kier alpha value is -1.82. The first-order chi connectivity index (χ1) is 10.3. The Morgan fingerprint density at radius 2 is 1.77 bits per heavy atom. The van der Waals surface area contributed by atoms with Gasteiger partial charge in [-0.2, -0.15) is 13.2 Å². The molecule has 0 radical (unpaired) electrons. The maximum absolute atomic E-state index is 13.8. The van der Waals surface area contributed by atoms with Gasteiger partial charge in [0.2, 0.25) is 0 Å². The highest BCUT2D eigenvalue weighted by atomic mass is 79.9. The van der Waals surface area contributed by atoms with Crippen molar-refractivity contribution < 1.29 is 18.0 Å². The lowest BCUT2D eigenvalue weighted by atomic mass is 9.79. The lowest BCUT2D eigenvalue weighted by Crippen LogP contribution is -2.52. The van der Waals surface area contributed by atoms with E-state index in [1.807, 2.05) is 0 Å². The lowest BCUT2D eigenvalue weighted by Gasteiger charge is -2.40. The number of ketones is 1. The van der Waals surface area contributed by atoms with Gasteiger partial charge in [-0.3, -0.25) is 4.79 Å². The van der Waals surface area contributed by atoms with Gasteiger partial charge in [0.25, 0.3) is 0 Å². The zero-order chi connectivity index (χ0) is 16.0. The number of nitrogens with one attached hydrogen (secondary N) is 1. The van der Waals surface area contributed by atoms with Crippen molar-refractivity contribution in [2.24, 2.45) is 0 Å². The van der Waals surface area contributed by atoms with E-state index in [0.717, 1.165) is 0 Å². The molecule has 0 saturated heterocycles. The van der Waals surface area contributed by atoms with Gasteiger partial charge in [-0.05, 0) is 23.8 Å². The predicted molar refractivity (Wildman–Crippen MR) is 80.9 cm³/mol. The van der Waals surface area contributed by atoms with Gasteiger partial charge in [-0.15, -0.1) is 0 Å². The van der Waals surface area contributed by atoms with E-state index in [-0.39, 0.29) is 16.8 Å². The Balaban J connectivity index is 2.18. The van der Waals surface area contributed by atoms with E-state index >= 15 is 0 Å². The number of hydrogen-bond acceptors (Lipinski definition) is 2. The molecule has 6 heteroatoms. The summed E-state index contributed by atoms with van der Waals surface area (Å²) in [5, 5.41) is 2.56.